The molecule has 1 aromatic rings. The van der Waals surface area contributed by atoms with Gasteiger partial charge in [0.1, 0.15) is 0 Å². The number of nitrogens with one attached hydrogen (secondary N) is 1. The number of thiophene rings is 1. The Morgan fingerprint density at radius 1 is 1.25 bits per heavy atom. The summed E-state index contributed by atoms with van der Waals surface area (Å²) < 4.78 is 6.13. The topological polar surface area (TPSA) is 21.3 Å². The highest BCUT2D eigenvalue weighted by Gasteiger charge is 2.31. The molecule has 2 aliphatic rings. The van der Waals surface area contributed by atoms with Gasteiger partial charge in [-0.05, 0) is 43.2 Å². The maximum absolute atomic E-state index is 6.13. The molecule has 3 heteroatoms. The molecule has 2 unspecified atom stereocenters. The molecular weight excluding hydrogens is 266 g/mol. The fraction of sp³-hybridized carbons (Fsp3) is 0.765. The predicted octanol–water partition coefficient (Wildman–Crippen LogP) is 4.27. The molecule has 1 aliphatic heterocycles. The van der Waals surface area contributed by atoms with Gasteiger partial charge in [0.05, 0.1) is 6.10 Å². The van der Waals surface area contributed by atoms with Crippen LogP contribution in [0.2, 0.25) is 0 Å². The average Bonchev–Trinajstić information content (AvgIpc) is 3.09. The van der Waals surface area contributed by atoms with E-state index >= 15 is 0 Å². The van der Waals surface area contributed by atoms with E-state index in [-0.39, 0.29) is 5.41 Å². The van der Waals surface area contributed by atoms with Gasteiger partial charge in [-0.25, -0.2) is 0 Å². The number of hydrogen-bond acceptors (Lipinski definition) is 3. The summed E-state index contributed by atoms with van der Waals surface area (Å²) in [6.07, 6.45) is 5.56. The molecule has 2 heterocycles. The zero-order valence-corrected chi connectivity index (χ0v) is 13.8. The Labute approximate surface area is 126 Å². The van der Waals surface area contributed by atoms with Crippen LogP contribution in [-0.4, -0.2) is 19.2 Å². The van der Waals surface area contributed by atoms with E-state index < -0.39 is 0 Å². The summed E-state index contributed by atoms with van der Waals surface area (Å²) >= 11 is 1.95. The van der Waals surface area contributed by atoms with Gasteiger partial charge in [0.2, 0.25) is 0 Å². The first-order valence-corrected chi connectivity index (χ1v) is 8.81. The van der Waals surface area contributed by atoms with Crippen LogP contribution in [0.25, 0.3) is 0 Å². The average molecular weight is 293 g/mol. The highest BCUT2D eigenvalue weighted by molar-refractivity contribution is 7.12. The molecule has 1 N–H and O–H groups in total. The molecule has 0 amide bonds. The van der Waals surface area contributed by atoms with E-state index in [4.69, 9.17) is 4.74 Å². The summed E-state index contributed by atoms with van der Waals surface area (Å²) in [7, 11) is 0. The van der Waals surface area contributed by atoms with Crippen molar-refractivity contribution in [1.29, 1.82) is 0 Å². The third kappa shape index (κ3) is 3.44. The smallest absolute Gasteiger partial charge is 0.0956 e. The molecule has 2 fully saturated rings. The molecule has 0 radical (unpaired) electrons. The number of hydrogen-bond donors (Lipinski definition) is 1. The monoisotopic (exact) mass is 293 g/mol. The summed E-state index contributed by atoms with van der Waals surface area (Å²) in [4.78, 5) is 2.90. The Morgan fingerprint density at radius 3 is 2.70 bits per heavy atom. The zero-order valence-electron chi connectivity index (χ0n) is 12.9. The first-order valence-electron chi connectivity index (χ1n) is 7.99. The fourth-order valence-corrected chi connectivity index (χ4v) is 4.09. The van der Waals surface area contributed by atoms with Crippen LogP contribution in [0.3, 0.4) is 0 Å². The summed E-state index contributed by atoms with van der Waals surface area (Å²) in [5.74, 6) is 0.649. The maximum atomic E-state index is 6.13. The lowest BCUT2D eigenvalue weighted by Crippen LogP contribution is -2.32. The minimum atomic E-state index is 0.249. The van der Waals surface area contributed by atoms with E-state index in [1.807, 2.05) is 11.3 Å². The molecule has 1 saturated carbocycles. The molecule has 112 valence electrons. The second-order valence-corrected chi connectivity index (χ2v) is 8.44. The van der Waals surface area contributed by atoms with Gasteiger partial charge in [-0.1, -0.05) is 20.8 Å². The zero-order chi connectivity index (χ0) is 14.2. The molecule has 1 aromatic heterocycles. The van der Waals surface area contributed by atoms with E-state index in [1.54, 1.807) is 0 Å². The van der Waals surface area contributed by atoms with E-state index in [2.05, 4.69) is 38.2 Å². The minimum Gasteiger partial charge on any atom is -0.372 e. The summed E-state index contributed by atoms with van der Waals surface area (Å²) in [6.45, 7) is 8.91. The fourth-order valence-electron chi connectivity index (χ4n) is 2.88. The Kier molecular flexibility index (Phi) is 4.21. The van der Waals surface area contributed by atoms with Crippen molar-refractivity contribution < 1.29 is 4.74 Å². The highest BCUT2D eigenvalue weighted by Crippen LogP contribution is 2.40. The van der Waals surface area contributed by atoms with Gasteiger partial charge in [-0.3, -0.25) is 0 Å². The predicted molar refractivity (Wildman–Crippen MR) is 85.5 cm³/mol. The third-order valence-electron chi connectivity index (χ3n) is 4.34. The van der Waals surface area contributed by atoms with Crippen LogP contribution in [0.15, 0.2) is 12.1 Å². The van der Waals surface area contributed by atoms with Crippen molar-refractivity contribution in [3.63, 3.8) is 0 Å². The van der Waals surface area contributed by atoms with Gasteiger partial charge >= 0.3 is 0 Å². The molecule has 0 spiro atoms. The van der Waals surface area contributed by atoms with E-state index in [0.29, 0.717) is 12.0 Å². The molecule has 3 rings (SSSR count). The molecule has 0 bridgehead atoms. The highest BCUT2D eigenvalue weighted by atomic mass is 32.1. The Bertz CT molecular complexity index is 444. The molecule has 0 aromatic carbocycles. The standard InChI is InChI=1S/C17H27NOS/c1-17(2,3)15-9-8-14(20-15)16-12(5-4-10-19-16)11-18-13-6-7-13/h8-9,12-13,16,18H,4-7,10-11H2,1-3H3. The SMILES string of the molecule is CC(C)(C)c1ccc(C2OCCCC2CNC2CC2)s1. The van der Waals surface area contributed by atoms with Crippen molar-refractivity contribution in [3.8, 4) is 0 Å². The van der Waals surface area contributed by atoms with Crippen molar-refractivity contribution >= 4 is 11.3 Å². The van der Waals surface area contributed by atoms with Crippen molar-refractivity contribution in [3.05, 3.63) is 21.9 Å². The second-order valence-electron chi connectivity index (χ2n) is 7.33. The number of rotatable bonds is 4. The molecular formula is C17H27NOS. The first kappa shape index (κ1) is 14.6. The lowest BCUT2D eigenvalue weighted by atomic mass is 9.92. The van der Waals surface area contributed by atoms with Crippen molar-refractivity contribution in [2.24, 2.45) is 5.92 Å². The quantitative estimate of drug-likeness (QED) is 0.895. The number of ether oxygens (including phenoxy) is 1. The minimum absolute atomic E-state index is 0.249. The van der Waals surface area contributed by atoms with E-state index in [1.165, 1.54) is 35.4 Å². The van der Waals surface area contributed by atoms with Crippen molar-refractivity contribution in [2.45, 2.75) is 64.0 Å². The largest absolute Gasteiger partial charge is 0.372 e. The van der Waals surface area contributed by atoms with Crippen LogP contribution in [0.1, 0.15) is 62.3 Å². The molecule has 1 aliphatic carbocycles. The third-order valence-corrected chi connectivity index (χ3v) is 5.91. The second kappa shape index (κ2) is 5.78. The van der Waals surface area contributed by atoms with E-state index in [9.17, 15) is 0 Å². The van der Waals surface area contributed by atoms with Crippen LogP contribution in [0.5, 0.6) is 0 Å². The van der Waals surface area contributed by atoms with Crippen LogP contribution in [-0.2, 0) is 10.2 Å². The van der Waals surface area contributed by atoms with Gasteiger partial charge < -0.3 is 10.1 Å². The Morgan fingerprint density at radius 2 is 2.05 bits per heavy atom. The van der Waals surface area contributed by atoms with Gasteiger partial charge in [-0.15, -0.1) is 11.3 Å². The molecule has 1 saturated heterocycles. The van der Waals surface area contributed by atoms with Crippen LogP contribution < -0.4 is 5.32 Å². The molecule has 2 nitrogen and oxygen atoms in total. The summed E-state index contributed by atoms with van der Waals surface area (Å²) in [6, 6.07) is 5.39. The lowest BCUT2D eigenvalue weighted by Gasteiger charge is -2.31. The van der Waals surface area contributed by atoms with Gasteiger partial charge in [-0.2, -0.15) is 0 Å². The molecule has 2 atom stereocenters. The van der Waals surface area contributed by atoms with Gasteiger partial charge in [0.15, 0.2) is 0 Å². The summed E-state index contributed by atoms with van der Waals surface area (Å²) in [5.41, 5.74) is 0.249. The Balaban J connectivity index is 1.69. The van der Waals surface area contributed by atoms with Crippen LogP contribution in [0.4, 0.5) is 0 Å². The van der Waals surface area contributed by atoms with Gasteiger partial charge in [0, 0.05) is 34.9 Å². The van der Waals surface area contributed by atoms with Crippen LogP contribution >= 0.6 is 11.3 Å². The van der Waals surface area contributed by atoms with E-state index in [0.717, 1.165) is 19.2 Å². The summed E-state index contributed by atoms with van der Waals surface area (Å²) in [5, 5.41) is 3.69. The maximum Gasteiger partial charge on any atom is 0.0956 e. The van der Waals surface area contributed by atoms with Crippen molar-refractivity contribution in [1.82, 2.24) is 5.32 Å². The molecule has 20 heavy (non-hydrogen) atoms. The normalized spacial score (nSPS) is 27.8. The Hall–Kier alpha value is -0.380. The lowest BCUT2D eigenvalue weighted by molar-refractivity contribution is -0.0257. The van der Waals surface area contributed by atoms with Crippen LogP contribution in [0, 0.1) is 5.92 Å². The van der Waals surface area contributed by atoms with Crippen molar-refractivity contribution in [2.75, 3.05) is 13.2 Å². The van der Waals surface area contributed by atoms with Gasteiger partial charge in [0.25, 0.3) is 0 Å². The first-order chi connectivity index (χ1) is 9.54.